The summed E-state index contributed by atoms with van der Waals surface area (Å²) in [5.74, 6) is -1.63. The predicted octanol–water partition coefficient (Wildman–Crippen LogP) is 1.51. The van der Waals surface area contributed by atoms with E-state index in [2.05, 4.69) is 9.85 Å². The lowest BCUT2D eigenvalue weighted by Crippen LogP contribution is -2.09. The van der Waals surface area contributed by atoms with Gasteiger partial charge in [0.05, 0.1) is 17.7 Å². The summed E-state index contributed by atoms with van der Waals surface area (Å²) >= 11 is 0. The number of benzene rings is 1. The van der Waals surface area contributed by atoms with E-state index in [0.717, 1.165) is 0 Å². The molecule has 0 saturated heterocycles. The molecule has 1 amide bonds. The summed E-state index contributed by atoms with van der Waals surface area (Å²) in [6.45, 7) is -0.307. The van der Waals surface area contributed by atoms with Crippen LogP contribution >= 0.6 is 0 Å². The van der Waals surface area contributed by atoms with Gasteiger partial charge in [-0.25, -0.2) is 14.4 Å². The Morgan fingerprint density at radius 3 is 2.00 bits per heavy atom. The third kappa shape index (κ3) is 7.82. The van der Waals surface area contributed by atoms with Crippen molar-refractivity contribution >= 4 is 18.0 Å². The van der Waals surface area contributed by atoms with Gasteiger partial charge in [0.15, 0.2) is 0 Å². The normalized spacial score (nSPS) is 8.62. The average Bonchev–Trinajstić information content (AvgIpc) is 2.45. The quantitative estimate of drug-likeness (QED) is 0.327. The van der Waals surface area contributed by atoms with Gasteiger partial charge in [-0.15, -0.1) is 0 Å². The maximum absolute atomic E-state index is 11.2. The number of carbonyl (C=O) groups is 3. The zero-order chi connectivity index (χ0) is 16.3. The first-order valence-electron chi connectivity index (χ1n) is 5.31. The van der Waals surface area contributed by atoms with E-state index in [4.69, 9.17) is 20.9 Å². The number of nitrogens with zero attached hydrogens (tertiary/aromatic N) is 3. The lowest BCUT2D eigenvalue weighted by molar-refractivity contribution is 0.0433. The SMILES string of the molecule is O=C(O)c1ccc(C(=O)OCCO)cc1.[N-]=[N+]=NC(=O)O. The highest BCUT2D eigenvalue weighted by molar-refractivity contribution is 5.92. The first kappa shape index (κ1) is 17.9. The molecule has 0 aliphatic heterocycles. The number of amides is 1. The fraction of sp³-hybridized carbons (Fsp3) is 0.182. The molecule has 0 bridgehead atoms. The van der Waals surface area contributed by atoms with Crippen LogP contribution in [0.3, 0.4) is 0 Å². The number of aliphatic hydroxyl groups excluding tert-OH is 1. The second kappa shape index (κ2) is 9.78. The molecule has 10 heteroatoms. The molecule has 112 valence electrons. The van der Waals surface area contributed by atoms with E-state index in [1.54, 1.807) is 0 Å². The fourth-order valence-electron chi connectivity index (χ4n) is 1.01. The molecule has 1 aromatic rings. The number of ether oxygens (including phenoxy) is 1. The van der Waals surface area contributed by atoms with Crippen molar-refractivity contribution in [2.24, 2.45) is 5.11 Å². The molecule has 10 nitrogen and oxygen atoms in total. The zero-order valence-electron chi connectivity index (χ0n) is 10.5. The number of azide groups is 1. The second-order valence-electron chi connectivity index (χ2n) is 3.21. The Balaban J connectivity index is 0.000000567. The highest BCUT2D eigenvalue weighted by atomic mass is 16.5. The van der Waals surface area contributed by atoms with Gasteiger partial charge in [-0.2, -0.15) is 0 Å². The van der Waals surface area contributed by atoms with Gasteiger partial charge in [0, 0.05) is 10.0 Å². The molecule has 0 aliphatic carbocycles. The van der Waals surface area contributed by atoms with E-state index < -0.39 is 18.0 Å². The van der Waals surface area contributed by atoms with Crippen LogP contribution in [0, 0.1) is 0 Å². The molecule has 0 aliphatic rings. The van der Waals surface area contributed by atoms with Crippen LogP contribution in [-0.2, 0) is 4.74 Å². The van der Waals surface area contributed by atoms with Crippen molar-refractivity contribution in [1.29, 1.82) is 0 Å². The molecule has 0 saturated carbocycles. The number of carbonyl (C=O) groups excluding carboxylic acids is 1. The number of carboxylic acids is 1. The van der Waals surface area contributed by atoms with Crippen molar-refractivity contribution in [1.82, 2.24) is 0 Å². The van der Waals surface area contributed by atoms with Gasteiger partial charge in [-0.05, 0) is 29.8 Å². The summed E-state index contributed by atoms with van der Waals surface area (Å²) in [5, 5.41) is 26.7. The smallest absolute Gasteiger partial charge is 0.394 e. The van der Waals surface area contributed by atoms with Gasteiger partial charge < -0.3 is 20.1 Å². The Hall–Kier alpha value is -3.10. The van der Waals surface area contributed by atoms with Crippen molar-refractivity contribution in [2.45, 2.75) is 0 Å². The highest BCUT2D eigenvalue weighted by Crippen LogP contribution is 2.05. The van der Waals surface area contributed by atoms with E-state index in [0.29, 0.717) is 0 Å². The molecular formula is C11H11N3O7. The number of esters is 1. The van der Waals surface area contributed by atoms with E-state index in [1.165, 1.54) is 24.3 Å². The molecule has 0 aromatic heterocycles. The van der Waals surface area contributed by atoms with Gasteiger partial charge >= 0.3 is 18.0 Å². The van der Waals surface area contributed by atoms with E-state index >= 15 is 0 Å². The van der Waals surface area contributed by atoms with Gasteiger partial charge in [0.1, 0.15) is 6.61 Å². The summed E-state index contributed by atoms with van der Waals surface area (Å²) in [4.78, 5) is 32.8. The Morgan fingerprint density at radius 2 is 1.67 bits per heavy atom. The maximum atomic E-state index is 11.2. The first-order chi connectivity index (χ1) is 9.92. The topological polar surface area (TPSA) is 170 Å². The van der Waals surface area contributed by atoms with Gasteiger partial charge in [-0.1, -0.05) is 0 Å². The van der Waals surface area contributed by atoms with Crippen LogP contribution in [0.2, 0.25) is 0 Å². The predicted molar refractivity (Wildman–Crippen MR) is 67.9 cm³/mol. The van der Waals surface area contributed by atoms with E-state index in [9.17, 15) is 14.4 Å². The number of rotatable bonds is 4. The Bertz CT molecular complexity index is 549. The molecule has 0 heterocycles. The van der Waals surface area contributed by atoms with Crippen LogP contribution in [0.25, 0.3) is 10.4 Å². The molecule has 0 radical (unpaired) electrons. The van der Waals surface area contributed by atoms with Crippen molar-refractivity contribution in [3.63, 3.8) is 0 Å². The van der Waals surface area contributed by atoms with Crippen LogP contribution in [0.5, 0.6) is 0 Å². The Kier molecular flexibility index (Phi) is 8.34. The molecule has 1 aromatic carbocycles. The molecule has 0 atom stereocenters. The van der Waals surface area contributed by atoms with Crippen LogP contribution < -0.4 is 0 Å². The minimum atomic E-state index is -1.50. The molecule has 3 N–H and O–H groups in total. The van der Waals surface area contributed by atoms with Gasteiger partial charge in [0.25, 0.3) is 0 Å². The lowest BCUT2D eigenvalue weighted by Gasteiger charge is -2.02. The first-order valence-corrected chi connectivity index (χ1v) is 5.31. The lowest BCUT2D eigenvalue weighted by atomic mass is 10.1. The standard InChI is InChI=1S/C10H10O5.CHN3O2/c11-5-6-15-10(14)8-3-1-7(2-4-8)9(12)13;2-4-3-1(5)6/h1-4,11H,5-6H2,(H,12,13);(H,5,6). The summed E-state index contributed by atoms with van der Waals surface area (Å²) in [7, 11) is 0. The van der Waals surface area contributed by atoms with Crippen molar-refractivity contribution in [3.8, 4) is 0 Å². The number of aromatic carboxylic acids is 1. The monoisotopic (exact) mass is 297 g/mol. The van der Waals surface area contributed by atoms with Crippen LogP contribution in [0.4, 0.5) is 4.79 Å². The highest BCUT2D eigenvalue weighted by Gasteiger charge is 2.08. The zero-order valence-corrected chi connectivity index (χ0v) is 10.5. The minimum Gasteiger partial charge on any atom is -0.478 e. The van der Waals surface area contributed by atoms with E-state index in [1.807, 2.05) is 4.91 Å². The molecule has 21 heavy (non-hydrogen) atoms. The molecule has 0 unspecified atom stereocenters. The third-order valence-corrected chi connectivity index (χ3v) is 1.82. The molecular weight excluding hydrogens is 286 g/mol. The summed E-state index contributed by atoms with van der Waals surface area (Å²) < 4.78 is 4.64. The minimum absolute atomic E-state index is 0.0699. The Morgan fingerprint density at radius 1 is 1.14 bits per heavy atom. The summed E-state index contributed by atoms with van der Waals surface area (Å²) in [6.07, 6.45) is -1.50. The van der Waals surface area contributed by atoms with Crippen molar-refractivity contribution in [2.75, 3.05) is 13.2 Å². The largest absolute Gasteiger partial charge is 0.478 e. The van der Waals surface area contributed by atoms with Crippen molar-refractivity contribution in [3.05, 3.63) is 45.8 Å². The van der Waals surface area contributed by atoms with Gasteiger partial charge in [-0.3, -0.25) is 0 Å². The molecule has 1 rings (SSSR count). The number of hydrogen-bond donors (Lipinski definition) is 3. The number of hydrogen-bond acceptors (Lipinski definition) is 5. The summed E-state index contributed by atoms with van der Waals surface area (Å²) in [6, 6.07) is 5.36. The average molecular weight is 297 g/mol. The van der Waals surface area contributed by atoms with E-state index in [-0.39, 0.29) is 24.3 Å². The van der Waals surface area contributed by atoms with Crippen LogP contribution in [0.1, 0.15) is 20.7 Å². The molecule has 0 fully saturated rings. The third-order valence-electron chi connectivity index (χ3n) is 1.82. The number of aliphatic hydroxyl groups is 1. The summed E-state index contributed by atoms with van der Waals surface area (Å²) in [5.41, 5.74) is 7.68. The van der Waals surface area contributed by atoms with Gasteiger partial charge in [0.2, 0.25) is 0 Å². The Labute approximate surface area is 117 Å². The fourth-order valence-corrected chi connectivity index (χ4v) is 1.01. The maximum Gasteiger partial charge on any atom is 0.394 e. The van der Waals surface area contributed by atoms with Crippen LogP contribution in [-0.4, -0.2) is 46.6 Å². The number of carboxylic acid groups (broad SMARTS) is 2. The van der Waals surface area contributed by atoms with Crippen molar-refractivity contribution < 1.29 is 34.4 Å². The van der Waals surface area contributed by atoms with Crippen LogP contribution in [0.15, 0.2) is 29.4 Å². The molecule has 0 spiro atoms. The second-order valence-corrected chi connectivity index (χ2v) is 3.21.